The molecule has 0 aliphatic rings. The van der Waals surface area contributed by atoms with Gasteiger partial charge in [-0.15, -0.1) is 11.3 Å². The van der Waals surface area contributed by atoms with Crippen molar-refractivity contribution in [1.29, 1.82) is 0 Å². The molecule has 0 amide bonds. The van der Waals surface area contributed by atoms with Gasteiger partial charge < -0.3 is 9.84 Å². The highest BCUT2D eigenvalue weighted by molar-refractivity contribution is 7.13. The molecule has 0 saturated carbocycles. The molecule has 0 fully saturated rings. The molecule has 4 nitrogen and oxygen atoms in total. The van der Waals surface area contributed by atoms with Gasteiger partial charge in [-0.25, -0.2) is 9.78 Å². The number of rotatable bonds is 7. The van der Waals surface area contributed by atoms with Gasteiger partial charge in [0.05, 0.1) is 5.69 Å². The van der Waals surface area contributed by atoms with Crippen molar-refractivity contribution in [2.24, 2.45) is 11.8 Å². The number of carboxylic acids is 1. The molecule has 1 heterocycles. The van der Waals surface area contributed by atoms with Gasteiger partial charge in [0.25, 0.3) is 0 Å². The fraction of sp³-hybridized carbons (Fsp3) is 0.714. The lowest BCUT2D eigenvalue weighted by atomic mass is 10.1. The van der Waals surface area contributed by atoms with E-state index >= 15 is 0 Å². The zero-order valence-electron chi connectivity index (χ0n) is 12.3. The third kappa shape index (κ3) is 4.28. The predicted molar refractivity (Wildman–Crippen MR) is 76.8 cm³/mol. The van der Waals surface area contributed by atoms with E-state index < -0.39 is 5.97 Å². The quantitative estimate of drug-likeness (QED) is 0.828. The molecular weight excluding hydrogens is 262 g/mol. The van der Waals surface area contributed by atoms with Crippen molar-refractivity contribution in [3.05, 3.63) is 15.6 Å². The molecule has 0 aromatic carbocycles. The van der Waals surface area contributed by atoms with Gasteiger partial charge in [-0.2, -0.15) is 0 Å². The zero-order chi connectivity index (χ0) is 14.6. The minimum Gasteiger partial charge on any atom is -0.477 e. The van der Waals surface area contributed by atoms with E-state index in [0.717, 1.165) is 5.01 Å². The Bertz CT molecular complexity index is 426. The Kier molecular flexibility index (Phi) is 5.94. The molecule has 0 bridgehead atoms. The fourth-order valence-corrected chi connectivity index (χ4v) is 3.07. The van der Waals surface area contributed by atoms with Crippen LogP contribution in [0, 0.1) is 11.8 Å². The van der Waals surface area contributed by atoms with Crippen molar-refractivity contribution >= 4 is 17.3 Å². The van der Waals surface area contributed by atoms with Gasteiger partial charge in [-0.3, -0.25) is 0 Å². The van der Waals surface area contributed by atoms with E-state index in [1.165, 1.54) is 11.3 Å². The van der Waals surface area contributed by atoms with Gasteiger partial charge in [0.1, 0.15) is 16.0 Å². The number of thiazole rings is 1. The Morgan fingerprint density at radius 2 is 2.00 bits per heavy atom. The van der Waals surface area contributed by atoms with Crippen molar-refractivity contribution in [2.45, 2.75) is 47.1 Å². The molecule has 1 rings (SSSR count). The van der Waals surface area contributed by atoms with Gasteiger partial charge in [-0.1, -0.05) is 27.7 Å². The summed E-state index contributed by atoms with van der Waals surface area (Å²) in [5.41, 5.74) is 0.688. The van der Waals surface area contributed by atoms with Gasteiger partial charge in [0.15, 0.2) is 0 Å². The van der Waals surface area contributed by atoms with E-state index in [9.17, 15) is 9.90 Å². The topological polar surface area (TPSA) is 59.4 Å². The summed E-state index contributed by atoms with van der Waals surface area (Å²) in [7, 11) is 0. The third-order valence-corrected chi connectivity index (χ3v) is 3.85. The van der Waals surface area contributed by atoms with Crippen LogP contribution in [0.15, 0.2) is 0 Å². The monoisotopic (exact) mass is 285 g/mol. The number of hydrogen-bond donors (Lipinski definition) is 1. The molecule has 0 spiro atoms. The summed E-state index contributed by atoms with van der Waals surface area (Å²) in [5.74, 6) is -0.226. The van der Waals surface area contributed by atoms with E-state index in [1.807, 2.05) is 6.92 Å². The lowest BCUT2D eigenvalue weighted by Crippen LogP contribution is -2.11. The normalized spacial score (nSPS) is 13.2. The van der Waals surface area contributed by atoms with Crippen molar-refractivity contribution < 1.29 is 14.6 Å². The average molecular weight is 285 g/mol. The van der Waals surface area contributed by atoms with Crippen LogP contribution in [0.4, 0.5) is 0 Å². The number of nitrogens with zero attached hydrogens (tertiary/aromatic N) is 1. The summed E-state index contributed by atoms with van der Waals surface area (Å²) in [6, 6.07) is 0. The standard InChI is InChI=1S/C14H23NO3S/c1-6-18-11(9(4)5)13-15-10(7-8(2)3)12(19-13)14(16)17/h8-9,11H,6-7H2,1-5H3,(H,16,17). The van der Waals surface area contributed by atoms with Crippen LogP contribution < -0.4 is 0 Å². The Morgan fingerprint density at radius 3 is 2.42 bits per heavy atom. The number of carbonyl (C=O) groups is 1. The number of aromatic carboxylic acids is 1. The second-order valence-electron chi connectivity index (χ2n) is 5.35. The van der Waals surface area contributed by atoms with E-state index in [-0.39, 0.29) is 12.0 Å². The van der Waals surface area contributed by atoms with Crippen molar-refractivity contribution in [3.8, 4) is 0 Å². The molecule has 1 atom stereocenters. The van der Waals surface area contributed by atoms with Gasteiger partial charge in [-0.05, 0) is 25.2 Å². The highest BCUT2D eigenvalue weighted by Crippen LogP contribution is 2.32. The Hall–Kier alpha value is -0.940. The third-order valence-electron chi connectivity index (χ3n) is 2.70. The second-order valence-corrected chi connectivity index (χ2v) is 6.38. The SMILES string of the molecule is CCOC(c1nc(CC(C)C)c(C(=O)O)s1)C(C)C. The minimum atomic E-state index is -0.890. The molecule has 0 aliphatic carbocycles. The molecule has 19 heavy (non-hydrogen) atoms. The maximum atomic E-state index is 11.3. The molecule has 108 valence electrons. The van der Waals surface area contributed by atoms with E-state index in [4.69, 9.17) is 4.74 Å². The molecule has 0 saturated heterocycles. The smallest absolute Gasteiger partial charge is 0.347 e. The Labute approximate surface area is 118 Å². The van der Waals surface area contributed by atoms with Crippen LogP contribution in [-0.2, 0) is 11.2 Å². The number of hydrogen-bond acceptors (Lipinski definition) is 4. The van der Waals surface area contributed by atoms with Crippen LogP contribution in [0.5, 0.6) is 0 Å². The molecule has 0 radical (unpaired) electrons. The van der Waals surface area contributed by atoms with Crippen LogP contribution >= 0.6 is 11.3 Å². The van der Waals surface area contributed by atoms with Crippen LogP contribution in [0.1, 0.15) is 61.1 Å². The molecule has 0 aliphatic heterocycles. The van der Waals surface area contributed by atoms with Gasteiger partial charge in [0.2, 0.25) is 0 Å². The highest BCUT2D eigenvalue weighted by atomic mass is 32.1. The van der Waals surface area contributed by atoms with Crippen LogP contribution in [0.3, 0.4) is 0 Å². The first-order chi connectivity index (χ1) is 8.86. The summed E-state index contributed by atoms with van der Waals surface area (Å²) >= 11 is 1.25. The van der Waals surface area contributed by atoms with E-state index in [2.05, 4.69) is 32.7 Å². The van der Waals surface area contributed by atoms with E-state index in [1.54, 1.807) is 0 Å². The summed E-state index contributed by atoms with van der Waals surface area (Å²) in [5, 5.41) is 10.1. The summed E-state index contributed by atoms with van der Waals surface area (Å²) < 4.78 is 5.70. The first-order valence-corrected chi connectivity index (χ1v) is 7.52. The zero-order valence-corrected chi connectivity index (χ0v) is 13.1. The van der Waals surface area contributed by atoms with Crippen LogP contribution in [-0.4, -0.2) is 22.7 Å². The molecule has 1 N–H and O–H groups in total. The lowest BCUT2D eigenvalue weighted by molar-refractivity contribution is 0.0292. The number of ether oxygens (including phenoxy) is 1. The van der Waals surface area contributed by atoms with Crippen LogP contribution in [0.25, 0.3) is 0 Å². The summed E-state index contributed by atoms with van der Waals surface area (Å²) in [4.78, 5) is 16.2. The highest BCUT2D eigenvalue weighted by Gasteiger charge is 2.25. The van der Waals surface area contributed by atoms with Crippen molar-refractivity contribution in [2.75, 3.05) is 6.61 Å². The molecular formula is C14H23NO3S. The molecule has 1 aromatic rings. The molecule has 1 unspecified atom stereocenters. The first-order valence-electron chi connectivity index (χ1n) is 6.71. The number of carboxylic acid groups (broad SMARTS) is 1. The molecule has 5 heteroatoms. The minimum absolute atomic E-state index is 0.117. The van der Waals surface area contributed by atoms with Gasteiger partial charge in [0, 0.05) is 6.61 Å². The van der Waals surface area contributed by atoms with E-state index in [0.29, 0.717) is 29.5 Å². The summed E-state index contributed by atoms with van der Waals surface area (Å²) in [6.07, 6.45) is 0.573. The summed E-state index contributed by atoms with van der Waals surface area (Å²) in [6.45, 7) is 10.8. The average Bonchev–Trinajstić information content (AvgIpc) is 2.68. The lowest BCUT2D eigenvalue weighted by Gasteiger charge is -2.18. The van der Waals surface area contributed by atoms with Crippen molar-refractivity contribution in [3.63, 3.8) is 0 Å². The number of aromatic nitrogens is 1. The van der Waals surface area contributed by atoms with Gasteiger partial charge >= 0.3 is 5.97 Å². The Morgan fingerprint density at radius 1 is 1.37 bits per heavy atom. The second kappa shape index (κ2) is 7.01. The maximum Gasteiger partial charge on any atom is 0.347 e. The van der Waals surface area contributed by atoms with Crippen molar-refractivity contribution in [1.82, 2.24) is 4.98 Å². The first kappa shape index (κ1) is 16.1. The maximum absolute atomic E-state index is 11.3. The fourth-order valence-electron chi connectivity index (χ4n) is 1.91. The largest absolute Gasteiger partial charge is 0.477 e. The Balaban J connectivity index is 3.11. The van der Waals surface area contributed by atoms with Crippen LogP contribution in [0.2, 0.25) is 0 Å². The predicted octanol–water partition coefficient (Wildman–Crippen LogP) is 3.77. The molecule has 1 aromatic heterocycles.